The Kier molecular flexibility index (Phi) is 4.80. The van der Waals surface area contributed by atoms with Crippen molar-refractivity contribution < 1.29 is 18.0 Å². The molecule has 1 heterocycles. The van der Waals surface area contributed by atoms with Crippen LogP contribution in [-0.2, 0) is 13.0 Å². The molecule has 1 aromatic heterocycles. The van der Waals surface area contributed by atoms with Crippen LogP contribution in [0.3, 0.4) is 0 Å². The van der Waals surface area contributed by atoms with Gasteiger partial charge in [-0.15, -0.1) is 0 Å². The number of fused-ring (bicyclic) bond motifs is 1. The fourth-order valence-corrected chi connectivity index (χ4v) is 3.17. The molecule has 134 valence electrons. The summed E-state index contributed by atoms with van der Waals surface area (Å²) in [7, 11) is 0. The van der Waals surface area contributed by atoms with Gasteiger partial charge >= 0.3 is 6.18 Å². The number of amides is 1. The molecular formula is C17H19F3N4O. The molecule has 1 aromatic carbocycles. The minimum atomic E-state index is -4.36. The van der Waals surface area contributed by atoms with Crippen LogP contribution >= 0.6 is 0 Å². The summed E-state index contributed by atoms with van der Waals surface area (Å²) in [6.07, 6.45) is -0.132. The summed E-state index contributed by atoms with van der Waals surface area (Å²) in [6.45, 7) is -0.667. The topological polar surface area (TPSA) is 72.9 Å². The van der Waals surface area contributed by atoms with Gasteiger partial charge in [-0.1, -0.05) is 6.07 Å². The number of nitrogens with two attached hydrogens (primary N) is 1. The third-order valence-corrected chi connectivity index (χ3v) is 4.35. The van der Waals surface area contributed by atoms with Crippen LogP contribution in [-0.4, -0.2) is 28.4 Å². The first-order valence-corrected chi connectivity index (χ1v) is 8.10. The second kappa shape index (κ2) is 6.87. The van der Waals surface area contributed by atoms with Crippen molar-refractivity contribution in [2.45, 2.75) is 37.9 Å². The molecular weight excluding hydrogens is 333 g/mol. The van der Waals surface area contributed by atoms with Crippen LogP contribution in [0.5, 0.6) is 0 Å². The summed E-state index contributed by atoms with van der Waals surface area (Å²) in [5, 5.41) is 6.26. The zero-order chi connectivity index (χ0) is 18.0. The maximum absolute atomic E-state index is 12.4. The lowest BCUT2D eigenvalue weighted by Gasteiger charge is -2.24. The molecule has 1 aliphatic rings. The van der Waals surface area contributed by atoms with Gasteiger partial charge in [0, 0.05) is 17.8 Å². The average molecular weight is 352 g/mol. The Morgan fingerprint density at radius 3 is 2.88 bits per heavy atom. The number of alkyl halides is 3. The summed E-state index contributed by atoms with van der Waals surface area (Å²) >= 11 is 0. The first-order valence-electron chi connectivity index (χ1n) is 8.10. The number of nitrogens with zero attached hydrogens (tertiary/aromatic N) is 2. The van der Waals surface area contributed by atoms with Crippen LogP contribution in [0.4, 0.5) is 19.0 Å². The molecule has 1 aliphatic carbocycles. The van der Waals surface area contributed by atoms with Crippen LogP contribution in [0.25, 0.3) is 0 Å². The highest BCUT2D eigenvalue weighted by atomic mass is 19.4. The first kappa shape index (κ1) is 17.5. The Morgan fingerprint density at radius 2 is 2.16 bits per heavy atom. The number of benzene rings is 1. The predicted molar refractivity (Wildman–Crippen MR) is 87.4 cm³/mol. The van der Waals surface area contributed by atoms with Gasteiger partial charge < -0.3 is 11.1 Å². The van der Waals surface area contributed by atoms with Crippen molar-refractivity contribution >= 4 is 11.7 Å². The molecule has 0 spiro atoms. The van der Waals surface area contributed by atoms with E-state index in [2.05, 4.69) is 10.4 Å². The van der Waals surface area contributed by atoms with Gasteiger partial charge in [-0.2, -0.15) is 18.3 Å². The van der Waals surface area contributed by atoms with Crippen LogP contribution in [0.1, 0.15) is 40.2 Å². The number of halogens is 3. The second-order valence-corrected chi connectivity index (χ2v) is 6.21. The van der Waals surface area contributed by atoms with Gasteiger partial charge in [0.05, 0.1) is 0 Å². The van der Waals surface area contributed by atoms with Gasteiger partial charge in [0.2, 0.25) is 0 Å². The molecule has 1 atom stereocenters. The first-order chi connectivity index (χ1) is 11.9. The Bertz CT molecular complexity index is 769. The number of hydrogen-bond acceptors (Lipinski definition) is 3. The van der Waals surface area contributed by atoms with Crippen molar-refractivity contribution in [2.24, 2.45) is 5.73 Å². The van der Waals surface area contributed by atoms with Gasteiger partial charge in [0.15, 0.2) is 5.82 Å². The minimum absolute atomic E-state index is 0.0855. The fraction of sp³-hybridized carbons (Fsp3) is 0.412. The molecule has 3 rings (SSSR count). The molecule has 0 aliphatic heterocycles. The van der Waals surface area contributed by atoms with Crippen molar-refractivity contribution in [3.63, 3.8) is 0 Å². The molecule has 8 heteroatoms. The highest BCUT2D eigenvalue weighted by Crippen LogP contribution is 2.31. The third-order valence-electron chi connectivity index (χ3n) is 4.35. The molecule has 2 aromatic rings. The van der Waals surface area contributed by atoms with E-state index in [4.69, 9.17) is 5.73 Å². The van der Waals surface area contributed by atoms with Crippen molar-refractivity contribution in [1.29, 1.82) is 0 Å². The molecule has 3 N–H and O–H groups in total. The van der Waals surface area contributed by atoms with E-state index in [0.717, 1.165) is 29.5 Å². The second-order valence-electron chi connectivity index (χ2n) is 6.21. The van der Waals surface area contributed by atoms with Gasteiger partial charge in [-0.3, -0.25) is 9.48 Å². The number of carbonyl (C=O) groups is 1. The maximum Gasteiger partial charge on any atom is 0.408 e. The lowest BCUT2D eigenvalue weighted by molar-refractivity contribution is -0.142. The standard InChI is InChI=1S/C17H19F3N4O/c18-17(19,20)10-24-7-6-15(23-24)22-16(25)12-5-4-11-2-1-3-13(9-21)14(11)8-12/h4-8,13H,1-3,9-10,21H2,(H,22,23,25). The normalized spacial score (nSPS) is 17.2. The largest absolute Gasteiger partial charge is 0.408 e. The zero-order valence-electron chi connectivity index (χ0n) is 13.5. The zero-order valence-corrected chi connectivity index (χ0v) is 13.5. The molecule has 5 nitrogen and oxygen atoms in total. The smallest absolute Gasteiger partial charge is 0.330 e. The number of hydrogen-bond donors (Lipinski definition) is 2. The monoisotopic (exact) mass is 352 g/mol. The van der Waals surface area contributed by atoms with Gasteiger partial charge in [-0.25, -0.2) is 0 Å². The van der Waals surface area contributed by atoms with Crippen molar-refractivity contribution in [2.75, 3.05) is 11.9 Å². The van der Waals surface area contributed by atoms with Crippen molar-refractivity contribution in [1.82, 2.24) is 9.78 Å². The Balaban J connectivity index is 1.74. The lowest BCUT2D eigenvalue weighted by Crippen LogP contribution is -2.20. The number of aromatic nitrogens is 2. The highest BCUT2D eigenvalue weighted by Gasteiger charge is 2.28. The fourth-order valence-electron chi connectivity index (χ4n) is 3.17. The summed E-state index contributed by atoms with van der Waals surface area (Å²) in [5.74, 6) is -0.0776. The maximum atomic E-state index is 12.4. The number of aryl methyl sites for hydroxylation is 1. The van der Waals surface area contributed by atoms with Gasteiger partial charge in [-0.05, 0) is 55.0 Å². The van der Waals surface area contributed by atoms with Gasteiger partial charge in [0.1, 0.15) is 6.54 Å². The Hall–Kier alpha value is -2.35. The molecule has 0 saturated heterocycles. The van der Waals surface area contributed by atoms with E-state index in [1.165, 1.54) is 17.8 Å². The SMILES string of the molecule is NCC1CCCc2ccc(C(=O)Nc3ccn(CC(F)(F)F)n3)cc21. The van der Waals surface area contributed by atoms with E-state index in [0.29, 0.717) is 12.1 Å². The molecule has 0 radical (unpaired) electrons. The number of nitrogens with one attached hydrogen (secondary N) is 1. The summed E-state index contributed by atoms with van der Waals surface area (Å²) in [4.78, 5) is 12.4. The predicted octanol–water partition coefficient (Wildman–Crippen LogP) is 3.08. The Morgan fingerprint density at radius 1 is 1.36 bits per heavy atom. The summed E-state index contributed by atoms with van der Waals surface area (Å²) < 4.78 is 37.8. The number of rotatable bonds is 4. The molecule has 1 amide bonds. The van der Waals surface area contributed by atoms with Crippen LogP contribution in [0.2, 0.25) is 0 Å². The van der Waals surface area contributed by atoms with Gasteiger partial charge in [0.25, 0.3) is 5.91 Å². The average Bonchev–Trinajstić information content (AvgIpc) is 2.98. The van der Waals surface area contributed by atoms with E-state index < -0.39 is 18.6 Å². The van der Waals surface area contributed by atoms with E-state index in [-0.39, 0.29) is 11.7 Å². The molecule has 1 unspecified atom stereocenters. The van der Waals surface area contributed by atoms with E-state index in [1.807, 2.05) is 12.1 Å². The lowest BCUT2D eigenvalue weighted by atomic mass is 9.82. The molecule has 0 fully saturated rings. The molecule has 0 saturated carbocycles. The number of carbonyl (C=O) groups excluding carboxylic acids is 1. The summed E-state index contributed by atoms with van der Waals surface area (Å²) in [5.41, 5.74) is 8.55. The van der Waals surface area contributed by atoms with E-state index >= 15 is 0 Å². The Labute approximate surface area is 143 Å². The van der Waals surface area contributed by atoms with Crippen LogP contribution in [0, 0.1) is 0 Å². The van der Waals surface area contributed by atoms with E-state index in [9.17, 15) is 18.0 Å². The van der Waals surface area contributed by atoms with Crippen LogP contribution < -0.4 is 11.1 Å². The molecule has 25 heavy (non-hydrogen) atoms. The van der Waals surface area contributed by atoms with Crippen molar-refractivity contribution in [3.8, 4) is 0 Å². The molecule has 0 bridgehead atoms. The quantitative estimate of drug-likeness (QED) is 0.888. The highest BCUT2D eigenvalue weighted by molar-refractivity contribution is 6.03. The van der Waals surface area contributed by atoms with Crippen LogP contribution in [0.15, 0.2) is 30.5 Å². The summed E-state index contributed by atoms with van der Waals surface area (Å²) in [6, 6.07) is 6.81. The minimum Gasteiger partial charge on any atom is -0.330 e. The third kappa shape index (κ3) is 4.19. The van der Waals surface area contributed by atoms with E-state index in [1.54, 1.807) is 6.07 Å². The van der Waals surface area contributed by atoms with Crippen molar-refractivity contribution in [3.05, 3.63) is 47.2 Å². The number of anilines is 1.